The molecule has 1 N–H and O–H groups in total. The van der Waals surface area contributed by atoms with Crippen molar-refractivity contribution in [2.24, 2.45) is 0 Å². The van der Waals surface area contributed by atoms with Crippen molar-refractivity contribution in [2.75, 3.05) is 18.0 Å². The van der Waals surface area contributed by atoms with E-state index in [-0.39, 0.29) is 5.91 Å². The molecule has 32 heavy (non-hydrogen) atoms. The lowest BCUT2D eigenvalue weighted by Crippen LogP contribution is -2.35. The van der Waals surface area contributed by atoms with Gasteiger partial charge in [-0.25, -0.2) is 4.98 Å². The number of hydrogen-bond acceptors (Lipinski definition) is 3. The quantitative estimate of drug-likeness (QED) is 0.501. The summed E-state index contributed by atoms with van der Waals surface area (Å²) in [4.78, 5) is 25.1. The highest BCUT2D eigenvalue weighted by molar-refractivity contribution is 5.95. The number of aromatic amines is 1. The second kappa shape index (κ2) is 8.71. The molecule has 0 fully saturated rings. The molecule has 2 heterocycles. The lowest BCUT2D eigenvalue weighted by Gasteiger charge is -2.24. The normalized spacial score (nSPS) is 13.5. The third-order valence-corrected chi connectivity index (χ3v) is 6.11. The van der Waals surface area contributed by atoms with Gasteiger partial charge in [0.25, 0.3) is 5.91 Å². The summed E-state index contributed by atoms with van der Waals surface area (Å²) in [5, 5.41) is 0. The van der Waals surface area contributed by atoms with Gasteiger partial charge in [-0.2, -0.15) is 0 Å². The van der Waals surface area contributed by atoms with Crippen LogP contribution in [0.15, 0.2) is 85.3 Å². The zero-order chi connectivity index (χ0) is 21.9. The van der Waals surface area contributed by atoms with Gasteiger partial charge < -0.3 is 14.8 Å². The molecule has 1 amide bonds. The fraction of sp³-hybridized carbons (Fsp3) is 0.185. The number of fused-ring (bicyclic) bond motifs is 1. The Bertz CT molecular complexity index is 1220. The van der Waals surface area contributed by atoms with Gasteiger partial charge in [0.05, 0.1) is 18.6 Å². The third kappa shape index (κ3) is 4.02. The molecule has 5 rings (SSSR count). The molecule has 0 aliphatic carbocycles. The van der Waals surface area contributed by atoms with Crippen LogP contribution in [0, 0.1) is 6.92 Å². The molecule has 0 atom stereocenters. The molecule has 0 saturated heterocycles. The Labute approximate surface area is 188 Å². The van der Waals surface area contributed by atoms with E-state index in [4.69, 9.17) is 0 Å². The van der Waals surface area contributed by atoms with Crippen molar-refractivity contribution in [2.45, 2.75) is 20.0 Å². The molecule has 0 unspecified atom stereocenters. The maximum atomic E-state index is 13.5. The van der Waals surface area contributed by atoms with Gasteiger partial charge in [0, 0.05) is 37.1 Å². The van der Waals surface area contributed by atoms with Crippen LogP contribution in [0.2, 0.25) is 0 Å². The monoisotopic (exact) mass is 422 g/mol. The van der Waals surface area contributed by atoms with Gasteiger partial charge in [0.1, 0.15) is 0 Å². The van der Waals surface area contributed by atoms with E-state index in [1.807, 2.05) is 48.4 Å². The molecule has 1 aliphatic rings. The van der Waals surface area contributed by atoms with Crippen LogP contribution in [-0.2, 0) is 13.1 Å². The van der Waals surface area contributed by atoms with Crippen LogP contribution in [0.25, 0.3) is 11.1 Å². The predicted octanol–water partition coefficient (Wildman–Crippen LogP) is 5.05. The summed E-state index contributed by atoms with van der Waals surface area (Å²) < 4.78 is 0. The van der Waals surface area contributed by atoms with Crippen LogP contribution in [0.3, 0.4) is 0 Å². The summed E-state index contributed by atoms with van der Waals surface area (Å²) in [5.41, 5.74) is 7.50. The van der Waals surface area contributed by atoms with Crippen molar-refractivity contribution < 1.29 is 4.79 Å². The highest BCUT2D eigenvalue weighted by atomic mass is 16.2. The van der Waals surface area contributed by atoms with Gasteiger partial charge in [0.2, 0.25) is 0 Å². The number of hydrogen-bond donors (Lipinski definition) is 1. The number of rotatable bonds is 4. The van der Waals surface area contributed by atoms with Crippen molar-refractivity contribution >= 4 is 11.6 Å². The first-order chi connectivity index (χ1) is 15.7. The number of nitrogens with one attached hydrogen (secondary N) is 1. The minimum absolute atomic E-state index is 0.0857. The van der Waals surface area contributed by atoms with E-state index in [9.17, 15) is 4.79 Å². The van der Waals surface area contributed by atoms with Crippen LogP contribution < -0.4 is 4.90 Å². The molecule has 3 aromatic carbocycles. The standard InChI is InChI=1S/C27H26N4O/c1-20-7-5-6-10-25(20)27(32)31-14-13-30(18-24-16-28-19-29-24)26-12-11-22(15-23(26)17-31)21-8-3-2-4-9-21/h2-12,15-16,19H,13-14,17-18H2,1H3,(H,28,29). The highest BCUT2D eigenvalue weighted by Gasteiger charge is 2.25. The molecule has 4 aromatic rings. The minimum atomic E-state index is 0.0857. The Morgan fingerprint density at radius 3 is 2.56 bits per heavy atom. The number of aromatic nitrogens is 2. The van der Waals surface area contributed by atoms with Gasteiger partial charge in [0.15, 0.2) is 0 Å². The summed E-state index contributed by atoms with van der Waals surface area (Å²) in [7, 11) is 0. The smallest absolute Gasteiger partial charge is 0.254 e. The van der Waals surface area contributed by atoms with Gasteiger partial charge in [-0.1, -0.05) is 54.6 Å². The summed E-state index contributed by atoms with van der Waals surface area (Å²) in [5.74, 6) is 0.0857. The Hall–Kier alpha value is -3.86. The average Bonchev–Trinajstić information content (AvgIpc) is 3.27. The van der Waals surface area contributed by atoms with Gasteiger partial charge in [-0.15, -0.1) is 0 Å². The summed E-state index contributed by atoms with van der Waals surface area (Å²) >= 11 is 0. The Balaban J connectivity index is 1.52. The molecule has 0 saturated carbocycles. The van der Waals surface area contributed by atoms with Crippen LogP contribution >= 0.6 is 0 Å². The average molecular weight is 423 g/mol. The van der Waals surface area contributed by atoms with Crippen molar-refractivity contribution in [3.8, 4) is 11.1 Å². The number of benzene rings is 3. The van der Waals surface area contributed by atoms with Gasteiger partial charge in [-0.05, 0) is 47.4 Å². The number of aryl methyl sites for hydroxylation is 1. The Morgan fingerprint density at radius 2 is 1.78 bits per heavy atom. The van der Waals surface area contributed by atoms with E-state index in [2.05, 4.69) is 57.3 Å². The van der Waals surface area contributed by atoms with E-state index in [1.54, 1.807) is 6.33 Å². The van der Waals surface area contributed by atoms with Crippen LogP contribution in [0.5, 0.6) is 0 Å². The molecule has 0 spiro atoms. The molecule has 1 aliphatic heterocycles. The Kier molecular flexibility index (Phi) is 5.46. The zero-order valence-corrected chi connectivity index (χ0v) is 18.2. The number of imidazole rings is 1. The largest absolute Gasteiger partial charge is 0.364 e. The topological polar surface area (TPSA) is 52.2 Å². The Morgan fingerprint density at radius 1 is 0.969 bits per heavy atom. The maximum Gasteiger partial charge on any atom is 0.254 e. The van der Waals surface area contributed by atoms with Crippen LogP contribution in [0.4, 0.5) is 5.69 Å². The second-order valence-electron chi connectivity index (χ2n) is 8.25. The number of carbonyl (C=O) groups excluding carboxylic acids is 1. The van der Waals surface area contributed by atoms with Crippen molar-refractivity contribution in [1.82, 2.24) is 14.9 Å². The summed E-state index contributed by atoms with van der Waals surface area (Å²) in [6.07, 6.45) is 3.57. The maximum absolute atomic E-state index is 13.5. The third-order valence-electron chi connectivity index (χ3n) is 6.11. The van der Waals surface area contributed by atoms with E-state index in [0.29, 0.717) is 13.1 Å². The van der Waals surface area contributed by atoms with E-state index >= 15 is 0 Å². The van der Waals surface area contributed by atoms with Gasteiger partial charge in [-0.3, -0.25) is 4.79 Å². The second-order valence-corrected chi connectivity index (χ2v) is 8.25. The van der Waals surface area contributed by atoms with Gasteiger partial charge >= 0.3 is 0 Å². The molecule has 160 valence electrons. The number of carbonyl (C=O) groups is 1. The van der Waals surface area contributed by atoms with Crippen molar-refractivity contribution in [1.29, 1.82) is 0 Å². The first-order valence-electron chi connectivity index (χ1n) is 10.9. The number of anilines is 1. The summed E-state index contributed by atoms with van der Waals surface area (Å²) in [6, 6.07) is 24.8. The van der Waals surface area contributed by atoms with Crippen molar-refractivity contribution in [3.05, 3.63) is 108 Å². The molecule has 1 aromatic heterocycles. The molecular formula is C27H26N4O. The van der Waals surface area contributed by atoms with E-state index < -0.39 is 0 Å². The fourth-order valence-corrected chi connectivity index (χ4v) is 4.37. The van der Waals surface area contributed by atoms with E-state index in [1.165, 1.54) is 11.3 Å². The lowest BCUT2D eigenvalue weighted by molar-refractivity contribution is 0.0750. The highest BCUT2D eigenvalue weighted by Crippen LogP contribution is 2.32. The molecule has 0 radical (unpaired) electrons. The molecule has 5 heteroatoms. The molecular weight excluding hydrogens is 396 g/mol. The fourth-order valence-electron chi connectivity index (χ4n) is 4.37. The minimum Gasteiger partial charge on any atom is -0.364 e. The van der Waals surface area contributed by atoms with Crippen LogP contribution in [0.1, 0.15) is 27.2 Å². The van der Waals surface area contributed by atoms with Crippen LogP contribution in [-0.4, -0.2) is 33.9 Å². The number of nitrogens with zero attached hydrogens (tertiary/aromatic N) is 3. The predicted molar refractivity (Wildman–Crippen MR) is 127 cm³/mol. The number of H-pyrrole nitrogens is 1. The summed E-state index contributed by atoms with van der Waals surface area (Å²) in [6.45, 7) is 4.73. The first-order valence-corrected chi connectivity index (χ1v) is 10.9. The number of amides is 1. The SMILES string of the molecule is Cc1ccccc1C(=O)N1CCN(Cc2cnc[nH]2)c2ccc(-c3ccccc3)cc2C1. The van der Waals surface area contributed by atoms with Crippen molar-refractivity contribution in [3.63, 3.8) is 0 Å². The molecule has 5 nitrogen and oxygen atoms in total. The van der Waals surface area contributed by atoms with E-state index in [0.717, 1.165) is 41.0 Å². The lowest BCUT2D eigenvalue weighted by atomic mass is 10.0. The zero-order valence-electron chi connectivity index (χ0n) is 18.2. The molecule has 0 bridgehead atoms. The first kappa shape index (κ1) is 20.1.